The molecule has 0 spiro atoms. The minimum Gasteiger partial charge on any atom is -0.465 e. The Morgan fingerprint density at radius 2 is 1.00 bits per heavy atom. The maximum absolute atomic E-state index is 13.5. The lowest BCUT2D eigenvalue weighted by Gasteiger charge is -2.34. The average Bonchev–Trinajstić information content (AvgIpc) is 3.01. The van der Waals surface area contributed by atoms with E-state index in [1.54, 1.807) is 0 Å². The first-order valence-corrected chi connectivity index (χ1v) is 15.8. The van der Waals surface area contributed by atoms with Crippen LogP contribution in [0.4, 0.5) is 0 Å². The molecule has 0 unspecified atom stereocenters. The fourth-order valence-electron chi connectivity index (χ4n) is 7.64. The Morgan fingerprint density at radius 1 is 0.600 bits per heavy atom. The molecule has 1 aromatic heterocycles. The Bertz CT molecular complexity index is 959. The van der Waals surface area contributed by atoms with Gasteiger partial charge < -0.3 is 30.7 Å². The van der Waals surface area contributed by atoms with Gasteiger partial charge in [0.25, 0.3) is 0 Å². The molecule has 4 N–H and O–H groups in total. The Labute approximate surface area is 239 Å². The van der Waals surface area contributed by atoms with Crippen molar-refractivity contribution in [1.29, 1.82) is 0 Å². The molecule has 5 rings (SSSR count). The zero-order valence-electron chi connectivity index (χ0n) is 24.5. The topological polar surface area (TPSA) is 114 Å². The van der Waals surface area contributed by atoms with Crippen LogP contribution in [0.2, 0.25) is 0 Å². The van der Waals surface area contributed by atoms with Crippen molar-refractivity contribution in [3.8, 4) is 0 Å². The second kappa shape index (κ2) is 14.2. The number of carbonyl (C=O) groups is 2. The van der Waals surface area contributed by atoms with Gasteiger partial charge in [-0.1, -0.05) is 44.9 Å². The Balaban J connectivity index is 1.61. The summed E-state index contributed by atoms with van der Waals surface area (Å²) >= 11 is 0. The van der Waals surface area contributed by atoms with Crippen LogP contribution >= 0.6 is 0 Å². The van der Waals surface area contributed by atoms with E-state index >= 15 is 0 Å². The van der Waals surface area contributed by atoms with Crippen LogP contribution in [0.15, 0.2) is 0 Å². The number of esters is 2. The number of nitrogens with zero attached hydrogens (tertiary/aromatic N) is 1. The van der Waals surface area contributed by atoms with Gasteiger partial charge in [-0.2, -0.15) is 0 Å². The van der Waals surface area contributed by atoms with Crippen molar-refractivity contribution >= 4 is 11.9 Å². The zero-order chi connectivity index (χ0) is 27.9. The van der Waals surface area contributed by atoms with Crippen molar-refractivity contribution < 1.29 is 19.1 Å². The van der Waals surface area contributed by atoms with Gasteiger partial charge >= 0.3 is 11.9 Å². The molecule has 1 aliphatic heterocycles. The molecule has 3 fully saturated rings. The third-order valence-electron chi connectivity index (χ3n) is 9.71. The van der Waals surface area contributed by atoms with Crippen LogP contribution in [0.25, 0.3) is 0 Å². The molecule has 4 aliphatic rings. The molecule has 4 atom stereocenters. The lowest BCUT2D eigenvalue weighted by Crippen LogP contribution is -2.53. The maximum Gasteiger partial charge on any atom is 0.340 e. The van der Waals surface area contributed by atoms with Crippen LogP contribution in [-0.2, 0) is 22.6 Å². The van der Waals surface area contributed by atoms with Crippen molar-refractivity contribution in [3.63, 3.8) is 0 Å². The van der Waals surface area contributed by atoms with Gasteiger partial charge in [-0.15, -0.1) is 0 Å². The van der Waals surface area contributed by atoms with Crippen LogP contribution < -0.4 is 21.3 Å². The normalized spacial score (nSPS) is 28.8. The zero-order valence-corrected chi connectivity index (χ0v) is 24.5. The number of hydrogen-bond donors (Lipinski definition) is 4. The van der Waals surface area contributed by atoms with Crippen LogP contribution in [0.3, 0.4) is 0 Å². The summed E-state index contributed by atoms with van der Waals surface area (Å²) < 4.78 is 10.7. The molecular weight excluding hydrogens is 506 g/mol. The summed E-state index contributed by atoms with van der Waals surface area (Å²) in [6.45, 7) is 2.80. The Hall–Kier alpha value is -2.07. The molecule has 222 valence electrons. The fraction of sp³-hybridized carbons (Fsp3) is 0.774. The smallest absolute Gasteiger partial charge is 0.340 e. The van der Waals surface area contributed by atoms with Crippen LogP contribution in [0.1, 0.15) is 127 Å². The summed E-state index contributed by atoms with van der Waals surface area (Å²) in [5.74, 6) is -0.725. The van der Waals surface area contributed by atoms with Crippen molar-refractivity contribution in [2.75, 3.05) is 27.3 Å². The summed E-state index contributed by atoms with van der Waals surface area (Å²) in [5, 5.41) is 15.2. The number of carbonyl (C=O) groups excluding carboxylic acids is 2. The number of pyridine rings is 1. The SMILES string of the molecule is COC(=O)c1c2nc(c(C(=O)OC)c1C1CCCCC1)CN[C@@H]1CCCC[C@H]1NCCN[C@@H]1CCCC[C@H]1NC2. The largest absolute Gasteiger partial charge is 0.465 e. The van der Waals surface area contributed by atoms with Gasteiger partial charge in [-0.3, -0.25) is 4.98 Å². The van der Waals surface area contributed by atoms with E-state index in [0.29, 0.717) is 59.8 Å². The summed E-state index contributed by atoms with van der Waals surface area (Å²) in [5.41, 5.74) is 3.10. The van der Waals surface area contributed by atoms with Crippen LogP contribution in [0.5, 0.6) is 0 Å². The molecule has 2 heterocycles. The van der Waals surface area contributed by atoms with Crippen molar-refractivity contribution in [1.82, 2.24) is 26.3 Å². The van der Waals surface area contributed by atoms with Gasteiger partial charge in [0.1, 0.15) is 0 Å². The quantitative estimate of drug-likeness (QED) is 0.415. The molecule has 3 aliphatic carbocycles. The van der Waals surface area contributed by atoms with Gasteiger partial charge in [0, 0.05) is 50.3 Å². The lowest BCUT2D eigenvalue weighted by atomic mass is 9.79. The number of rotatable bonds is 3. The predicted molar refractivity (Wildman–Crippen MR) is 155 cm³/mol. The number of hydrogen-bond acceptors (Lipinski definition) is 9. The molecule has 0 radical (unpaired) electrons. The molecule has 1 aromatic rings. The summed E-state index contributed by atoms with van der Waals surface area (Å²) in [7, 11) is 2.84. The first-order valence-electron chi connectivity index (χ1n) is 15.8. The molecular formula is C31H49N5O4. The van der Waals surface area contributed by atoms with Crippen LogP contribution in [-0.4, -0.2) is 68.4 Å². The Kier molecular flexibility index (Phi) is 10.5. The third kappa shape index (κ3) is 6.69. The van der Waals surface area contributed by atoms with Gasteiger partial charge in [-0.25, -0.2) is 9.59 Å². The number of fused-ring (bicyclic) bond motifs is 4. The highest BCUT2D eigenvalue weighted by Crippen LogP contribution is 2.39. The molecule has 3 saturated carbocycles. The predicted octanol–water partition coefficient (Wildman–Crippen LogP) is 3.70. The molecule has 40 heavy (non-hydrogen) atoms. The number of nitrogens with one attached hydrogen (secondary N) is 4. The van der Waals surface area contributed by atoms with E-state index in [4.69, 9.17) is 14.5 Å². The van der Waals surface area contributed by atoms with Gasteiger partial charge in [0.15, 0.2) is 0 Å². The van der Waals surface area contributed by atoms with E-state index in [9.17, 15) is 9.59 Å². The molecule has 0 saturated heterocycles. The molecule has 9 nitrogen and oxygen atoms in total. The van der Waals surface area contributed by atoms with Crippen molar-refractivity contribution in [2.45, 2.75) is 127 Å². The monoisotopic (exact) mass is 555 g/mol. The van der Waals surface area contributed by atoms with Gasteiger partial charge in [0.2, 0.25) is 0 Å². The minimum absolute atomic E-state index is 0.104. The third-order valence-corrected chi connectivity index (χ3v) is 9.71. The standard InChI is InChI=1S/C31H49N5O4/c1-39-30(37)28-25-18-34-23-14-8-6-12-21(23)32-16-17-33-22-13-7-9-15-24(22)35-19-26(36-25)29(31(38)40-2)27(28)20-10-4-3-5-11-20/h20-24,32-35H,3-19H2,1-2H3/t21-,22-,23-,24-/m1/s1. The van der Waals surface area contributed by atoms with Crippen molar-refractivity contribution in [2.24, 2.45) is 0 Å². The highest BCUT2D eigenvalue weighted by atomic mass is 16.5. The van der Waals surface area contributed by atoms with E-state index in [1.165, 1.54) is 46.3 Å². The van der Waals surface area contributed by atoms with Crippen molar-refractivity contribution in [3.05, 3.63) is 28.1 Å². The van der Waals surface area contributed by atoms with Gasteiger partial charge in [-0.05, 0) is 50.0 Å². The van der Waals surface area contributed by atoms with E-state index in [2.05, 4.69) is 21.3 Å². The first-order chi connectivity index (χ1) is 19.6. The molecule has 2 bridgehead atoms. The number of ether oxygens (including phenoxy) is 2. The Morgan fingerprint density at radius 3 is 1.43 bits per heavy atom. The lowest BCUT2D eigenvalue weighted by molar-refractivity contribution is 0.0591. The second-order valence-electron chi connectivity index (χ2n) is 12.2. The highest BCUT2D eigenvalue weighted by molar-refractivity contribution is 5.99. The van der Waals surface area contributed by atoms with E-state index < -0.39 is 11.9 Å². The van der Waals surface area contributed by atoms with E-state index in [1.807, 2.05) is 0 Å². The number of aromatic nitrogens is 1. The van der Waals surface area contributed by atoms with E-state index in [0.717, 1.165) is 70.0 Å². The molecule has 0 aromatic carbocycles. The second-order valence-corrected chi connectivity index (χ2v) is 12.2. The van der Waals surface area contributed by atoms with Gasteiger partial charge in [0.05, 0.1) is 36.7 Å². The molecule has 0 amide bonds. The summed E-state index contributed by atoms with van der Waals surface area (Å²) in [6.07, 6.45) is 14.5. The maximum atomic E-state index is 13.5. The van der Waals surface area contributed by atoms with E-state index in [-0.39, 0.29) is 5.92 Å². The number of methoxy groups -OCH3 is 2. The van der Waals surface area contributed by atoms with Crippen LogP contribution in [0, 0.1) is 0 Å². The summed E-state index contributed by atoms with van der Waals surface area (Å²) in [6, 6.07) is 1.37. The summed E-state index contributed by atoms with van der Waals surface area (Å²) in [4.78, 5) is 32.0. The fourth-order valence-corrected chi connectivity index (χ4v) is 7.64. The minimum atomic E-state index is -0.415. The molecule has 9 heteroatoms. The average molecular weight is 556 g/mol. The highest BCUT2D eigenvalue weighted by Gasteiger charge is 2.35. The first kappa shape index (κ1) is 29.4.